The molecule has 1 N–H and O–H groups in total. The molecule has 4 rings (SSSR count). The van der Waals surface area contributed by atoms with Crippen LogP contribution in [0.4, 0.5) is 0 Å². The molecule has 4 aromatic rings. The van der Waals surface area contributed by atoms with Gasteiger partial charge >= 0.3 is 0 Å². The average molecular weight is 423 g/mol. The number of oxazole rings is 1. The summed E-state index contributed by atoms with van der Waals surface area (Å²) >= 11 is 5.94. The van der Waals surface area contributed by atoms with Crippen molar-refractivity contribution in [1.29, 1.82) is 0 Å². The minimum absolute atomic E-state index is 0.0772. The van der Waals surface area contributed by atoms with Crippen LogP contribution in [0.2, 0.25) is 5.02 Å². The predicted molar refractivity (Wildman–Crippen MR) is 117 cm³/mol. The van der Waals surface area contributed by atoms with Gasteiger partial charge in [-0.25, -0.2) is 4.98 Å². The van der Waals surface area contributed by atoms with Crippen LogP contribution in [0, 0.1) is 13.8 Å². The molecule has 0 bridgehead atoms. The summed E-state index contributed by atoms with van der Waals surface area (Å²) < 4.78 is 5.85. The molecule has 7 heteroatoms. The zero-order valence-corrected chi connectivity index (χ0v) is 18.1. The minimum Gasteiger partial charge on any atom is -0.440 e. The highest BCUT2D eigenvalue weighted by atomic mass is 35.5. The molecule has 154 valence electrons. The van der Waals surface area contributed by atoms with Crippen LogP contribution < -0.4 is 0 Å². The minimum atomic E-state index is -0.107. The molecule has 0 saturated carbocycles. The van der Waals surface area contributed by atoms with Crippen LogP contribution in [-0.2, 0) is 6.42 Å². The largest absolute Gasteiger partial charge is 0.440 e. The van der Waals surface area contributed by atoms with E-state index >= 15 is 0 Å². The SMILES string of the molecule is Cc1n[nH]c(C)c1C(C)N(C)C(=O)c1ccc2oc(Cc3ccc(Cl)cc3)nc2c1. The van der Waals surface area contributed by atoms with Gasteiger partial charge < -0.3 is 9.32 Å². The quantitative estimate of drug-likeness (QED) is 0.477. The number of carbonyl (C=O) groups is 1. The van der Waals surface area contributed by atoms with Crippen molar-refractivity contribution in [3.63, 3.8) is 0 Å². The normalized spacial score (nSPS) is 12.3. The topological polar surface area (TPSA) is 75.0 Å². The zero-order chi connectivity index (χ0) is 21.4. The first kappa shape index (κ1) is 20.2. The number of halogens is 1. The molecule has 2 aromatic heterocycles. The van der Waals surface area contributed by atoms with Gasteiger partial charge in [0.1, 0.15) is 5.52 Å². The van der Waals surface area contributed by atoms with Gasteiger partial charge in [0.15, 0.2) is 11.5 Å². The molecule has 2 heterocycles. The van der Waals surface area contributed by atoms with E-state index in [1.807, 2.05) is 45.0 Å². The van der Waals surface area contributed by atoms with Gasteiger partial charge in [0.2, 0.25) is 0 Å². The number of carbonyl (C=O) groups excluding carboxylic acids is 1. The van der Waals surface area contributed by atoms with Crippen molar-refractivity contribution in [1.82, 2.24) is 20.1 Å². The highest BCUT2D eigenvalue weighted by molar-refractivity contribution is 6.30. The molecule has 1 unspecified atom stereocenters. The van der Waals surface area contributed by atoms with Gasteiger partial charge in [0.25, 0.3) is 5.91 Å². The molecule has 30 heavy (non-hydrogen) atoms. The Bertz CT molecular complexity index is 1190. The number of H-pyrrole nitrogens is 1. The Morgan fingerprint density at radius 1 is 1.20 bits per heavy atom. The molecule has 0 saturated heterocycles. The number of aromatic amines is 1. The Kier molecular flexibility index (Phi) is 5.35. The molecule has 1 atom stereocenters. The van der Waals surface area contributed by atoms with Gasteiger partial charge in [-0.2, -0.15) is 5.10 Å². The lowest BCUT2D eigenvalue weighted by atomic mass is 10.0. The summed E-state index contributed by atoms with van der Waals surface area (Å²) in [7, 11) is 1.80. The Balaban J connectivity index is 1.56. The Morgan fingerprint density at radius 3 is 2.60 bits per heavy atom. The summed E-state index contributed by atoms with van der Waals surface area (Å²) in [5.74, 6) is 0.523. The van der Waals surface area contributed by atoms with Crippen molar-refractivity contribution in [2.24, 2.45) is 0 Å². The molecule has 0 aliphatic rings. The lowest BCUT2D eigenvalue weighted by molar-refractivity contribution is 0.0742. The van der Waals surface area contributed by atoms with Gasteiger partial charge in [-0.05, 0) is 56.7 Å². The number of hydrogen-bond donors (Lipinski definition) is 1. The van der Waals surface area contributed by atoms with Crippen LogP contribution in [0.25, 0.3) is 11.1 Å². The third kappa shape index (κ3) is 3.83. The predicted octanol–water partition coefficient (Wildman–Crippen LogP) is 5.25. The summed E-state index contributed by atoms with van der Waals surface area (Å²) in [5, 5.41) is 7.92. The van der Waals surface area contributed by atoms with Crippen molar-refractivity contribution in [2.75, 3.05) is 7.05 Å². The average Bonchev–Trinajstić information content (AvgIpc) is 3.29. The van der Waals surface area contributed by atoms with E-state index in [-0.39, 0.29) is 11.9 Å². The Morgan fingerprint density at radius 2 is 1.93 bits per heavy atom. The smallest absolute Gasteiger partial charge is 0.254 e. The fraction of sp³-hybridized carbons (Fsp3) is 0.261. The van der Waals surface area contributed by atoms with E-state index < -0.39 is 0 Å². The number of hydrogen-bond acceptors (Lipinski definition) is 4. The van der Waals surface area contributed by atoms with Crippen LogP contribution in [0.1, 0.15) is 51.7 Å². The number of amides is 1. The second kappa shape index (κ2) is 7.95. The molecule has 0 radical (unpaired) electrons. The number of aromatic nitrogens is 3. The molecular formula is C23H23ClN4O2. The van der Waals surface area contributed by atoms with E-state index in [0.29, 0.717) is 34.0 Å². The zero-order valence-electron chi connectivity index (χ0n) is 17.4. The van der Waals surface area contributed by atoms with Gasteiger partial charge in [0, 0.05) is 35.3 Å². The number of rotatable bonds is 5. The van der Waals surface area contributed by atoms with E-state index in [2.05, 4.69) is 15.2 Å². The highest BCUT2D eigenvalue weighted by Crippen LogP contribution is 2.26. The van der Waals surface area contributed by atoms with E-state index in [1.54, 1.807) is 30.1 Å². The third-order valence-corrected chi connectivity index (χ3v) is 5.70. The lowest BCUT2D eigenvalue weighted by Gasteiger charge is -2.25. The van der Waals surface area contributed by atoms with Gasteiger partial charge in [-0.3, -0.25) is 9.89 Å². The van der Waals surface area contributed by atoms with Crippen LogP contribution in [0.15, 0.2) is 46.9 Å². The van der Waals surface area contributed by atoms with Crippen LogP contribution in [0.3, 0.4) is 0 Å². The second-order valence-electron chi connectivity index (χ2n) is 7.53. The van der Waals surface area contributed by atoms with Gasteiger partial charge in [0.05, 0.1) is 11.7 Å². The van der Waals surface area contributed by atoms with E-state index in [0.717, 1.165) is 22.5 Å². The first-order valence-corrected chi connectivity index (χ1v) is 10.1. The summed E-state index contributed by atoms with van der Waals surface area (Å²) in [6, 6.07) is 12.8. The monoisotopic (exact) mass is 422 g/mol. The summed E-state index contributed by atoms with van der Waals surface area (Å²) in [4.78, 5) is 19.4. The number of aryl methyl sites for hydroxylation is 2. The van der Waals surface area contributed by atoms with Gasteiger partial charge in [-0.1, -0.05) is 23.7 Å². The van der Waals surface area contributed by atoms with Gasteiger partial charge in [-0.15, -0.1) is 0 Å². The maximum atomic E-state index is 13.1. The number of benzene rings is 2. The molecule has 0 aliphatic carbocycles. The molecule has 0 aliphatic heterocycles. The standard InChI is InChI=1S/C23H23ClN4O2/c1-13-22(14(2)27-26-13)15(3)28(4)23(29)17-7-10-20-19(12-17)25-21(30-20)11-16-5-8-18(24)9-6-16/h5-10,12,15H,11H2,1-4H3,(H,26,27). The van der Waals surface area contributed by atoms with E-state index in [9.17, 15) is 4.79 Å². The van der Waals surface area contributed by atoms with E-state index in [1.165, 1.54) is 0 Å². The van der Waals surface area contributed by atoms with Crippen molar-refractivity contribution >= 4 is 28.6 Å². The van der Waals surface area contributed by atoms with E-state index in [4.69, 9.17) is 16.0 Å². The Hall–Kier alpha value is -3.12. The summed E-state index contributed by atoms with van der Waals surface area (Å²) in [5.41, 5.74) is 5.87. The lowest BCUT2D eigenvalue weighted by Crippen LogP contribution is -2.30. The molecule has 0 fully saturated rings. The molecule has 2 aromatic carbocycles. The fourth-order valence-electron chi connectivity index (χ4n) is 3.71. The number of fused-ring (bicyclic) bond motifs is 1. The Labute approximate surface area is 179 Å². The maximum absolute atomic E-state index is 13.1. The van der Waals surface area contributed by atoms with Crippen molar-refractivity contribution in [3.8, 4) is 0 Å². The van der Waals surface area contributed by atoms with Crippen molar-refractivity contribution < 1.29 is 9.21 Å². The van der Waals surface area contributed by atoms with Crippen molar-refractivity contribution in [2.45, 2.75) is 33.2 Å². The van der Waals surface area contributed by atoms with Crippen LogP contribution in [-0.4, -0.2) is 33.0 Å². The summed E-state index contributed by atoms with van der Waals surface area (Å²) in [6.45, 7) is 5.91. The van der Waals surface area contributed by atoms with Crippen LogP contribution >= 0.6 is 11.6 Å². The van der Waals surface area contributed by atoms with Crippen molar-refractivity contribution in [3.05, 3.63) is 81.5 Å². The number of nitrogens with one attached hydrogen (secondary N) is 1. The number of nitrogens with zero attached hydrogens (tertiary/aromatic N) is 3. The van der Waals surface area contributed by atoms with Crippen LogP contribution in [0.5, 0.6) is 0 Å². The molecular weight excluding hydrogens is 400 g/mol. The molecule has 1 amide bonds. The first-order chi connectivity index (χ1) is 14.3. The maximum Gasteiger partial charge on any atom is 0.254 e. The third-order valence-electron chi connectivity index (χ3n) is 5.45. The highest BCUT2D eigenvalue weighted by Gasteiger charge is 2.23. The summed E-state index contributed by atoms with van der Waals surface area (Å²) in [6.07, 6.45) is 0.561. The second-order valence-corrected chi connectivity index (χ2v) is 7.97. The fourth-order valence-corrected chi connectivity index (χ4v) is 3.83. The molecule has 0 spiro atoms. The molecule has 6 nitrogen and oxygen atoms in total. The first-order valence-electron chi connectivity index (χ1n) is 9.76.